The number of esters is 2. The van der Waals surface area contributed by atoms with Gasteiger partial charge in [0.1, 0.15) is 42.4 Å². The number of phenols is 1. The fourth-order valence-corrected chi connectivity index (χ4v) is 6.50. The highest BCUT2D eigenvalue weighted by Gasteiger charge is 2.58. The van der Waals surface area contributed by atoms with Crippen LogP contribution in [0.5, 0.6) is 5.75 Å². The van der Waals surface area contributed by atoms with Crippen molar-refractivity contribution in [2.45, 2.75) is 74.4 Å². The summed E-state index contributed by atoms with van der Waals surface area (Å²) >= 11 is 0. The Morgan fingerprint density at radius 1 is 1.05 bits per heavy atom. The zero-order valence-corrected chi connectivity index (χ0v) is 22.8. The fraction of sp³-hybridized carbons (Fsp3) is 0.533. The number of aliphatic hydroxyl groups is 5. The Labute approximate surface area is 242 Å². The van der Waals surface area contributed by atoms with Crippen molar-refractivity contribution in [3.05, 3.63) is 66.3 Å². The summed E-state index contributed by atoms with van der Waals surface area (Å²) in [6.07, 6.45) is -10.8. The lowest BCUT2D eigenvalue weighted by Crippen LogP contribution is -2.59. The van der Waals surface area contributed by atoms with Gasteiger partial charge in [0.05, 0.1) is 18.6 Å². The first kappa shape index (κ1) is 30.4. The Morgan fingerprint density at radius 2 is 1.74 bits per heavy atom. The van der Waals surface area contributed by atoms with Gasteiger partial charge in [0, 0.05) is 24.3 Å². The van der Waals surface area contributed by atoms with E-state index in [2.05, 4.69) is 19.7 Å². The molecular weight excluding hydrogens is 552 g/mol. The molecule has 2 saturated heterocycles. The highest BCUT2D eigenvalue weighted by atomic mass is 16.7. The molecule has 2 aliphatic carbocycles. The lowest BCUT2D eigenvalue weighted by molar-refractivity contribution is -0.308. The maximum Gasteiger partial charge on any atom is 0.335 e. The molecule has 0 bridgehead atoms. The quantitative estimate of drug-likeness (QED) is 0.138. The molecule has 42 heavy (non-hydrogen) atoms. The Hall–Kier alpha value is -3.10. The van der Waals surface area contributed by atoms with Crippen LogP contribution in [0.4, 0.5) is 0 Å². The van der Waals surface area contributed by atoms with E-state index in [1.54, 1.807) is 12.1 Å². The highest BCUT2D eigenvalue weighted by molar-refractivity contribution is 5.91. The van der Waals surface area contributed by atoms with Gasteiger partial charge in [-0.05, 0) is 35.6 Å². The van der Waals surface area contributed by atoms with E-state index in [4.69, 9.17) is 18.9 Å². The molecule has 4 aliphatic rings. The van der Waals surface area contributed by atoms with Crippen LogP contribution >= 0.6 is 0 Å². The molecule has 4 fully saturated rings. The molecule has 2 heterocycles. The SMILES string of the molecule is C=C1C(=O)O[C@@H]2[C@@H]1[C@@H](OC(=O)[C@H](O)Cc1ccc(O)cc1)CC(=C)[C@H]1C[C@@H](O[C@H]3O[C@@H](CO)[C@H](O)[C@@H](O)[C@@H]3O)C(=C)[C@@H]21. The van der Waals surface area contributed by atoms with Crippen molar-refractivity contribution in [3.63, 3.8) is 0 Å². The molecule has 0 aromatic heterocycles. The third-order valence-electron chi connectivity index (χ3n) is 8.80. The Morgan fingerprint density at radius 3 is 2.40 bits per heavy atom. The van der Waals surface area contributed by atoms with Crippen LogP contribution in [-0.2, 0) is 35.0 Å². The molecule has 12 atom stereocenters. The van der Waals surface area contributed by atoms with Crippen LogP contribution in [0.1, 0.15) is 18.4 Å². The van der Waals surface area contributed by atoms with E-state index in [9.17, 15) is 40.2 Å². The number of benzene rings is 1. The molecule has 2 saturated carbocycles. The van der Waals surface area contributed by atoms with E-state index in [-0.39, 0.29) is 30.1 Å². The third-order valence-corrected chi connectivity index (χ3v) is 8.80. The van der Waals surface area contributed by atoms with E-state index in [0.29, 0.717) is 23.1 Å². The summed E-state index contributed by atoms with van der Waals surface area (Å²) in [5.41, 5.74) is 1.91. The number of carbonyl (C=O) groups excluding carboxylic acids is 2. The summed E-state index contributed by atoms with van der Waals surface area (Å²) in [6.45, 7) is 11.7. The van der Waals surface area contributed by atoms with E-state index >= 15 is 0 Å². The smallest absolute Gasteiger partial charge is 0.335 e. The van der Waals surface area contributed by atoms with Crippen molar-refractivity contribution >= 4 is 11.9 Å². The van der Waals surface area contributed by atoms with Gasteiger partial charge in [0.2, 0.25) is 0 Å². The Kier molecular flexibility index (Phi) is 8.59. The van der Waals surface area contributed by atoms with Gasteiger partial charge in [-0.1, -0.05) is 37.4 Å². The third kappa shape index (κ3) is 5.51. The van der Waals surface area contributed by atoms with Crippen molar-refractivity contribution in [1.82, 2.24) is 0 Å². The van der Waals surface area contributed by atoms with E-state index in [1.165, 1.54) is 12.1 Å². The normalized spacial score (nSPS) is 38.8. The zero-order valence-electron chi connectivity index (χ0n) is 22.8. The van der Waals surface area contributed by atoms with Gasteiger partial charge in [-0.2, -0.15) is 0 Å². The average molecular weight is 589 g/mol. The summed E-state index contributed by atoms with van der Waals surface area (Å²) in [4.78, 5) is 25.7. The topological polar surface area (TPSA) is 192 Å². The number of hydrogen-bond donors (Lipinski definition) is 6. The number of ether oxygens (including phenoxy) is 4. The first-order chi connectivity index (χ1) is 19.9. The van der Waals surface area contributed by atoms with Crippen LogP contribution in [0.3, 0.4) is 0 Å². The Bertz CT molecular complexity index is 1240. The van der Waals surface area contributed by atoms with Crippen LogP contribution in [0.25, 0.3) is 0 Å². The number of hydrogen-bond acceptors (Lipinski definition) is 12. The summed E-state index contributed by atoms with van der Waals surface area (Å²) in [5.74, 6) is -3.07. The van der Waals surface area contributed by atoms with E-state index < -0.39 is 85.5 Å². The van der Waals surface area contributed by atoms with E-state index in [0.717, 1.165) is 0 Å². The minimum absolute atomic E-state index is 0.0454. The molecule has 0 radical (unpaired) electrons. The van der Waals surface area contributed by atoms with Crippen molar-refractivity contribution < 1.29 is 59.2 Å². The van der Waals surface area contributed by atoms with Gasteiger partial charge in [-0.15, -0.1) is 0 Å². The predicted octanol–water partition coefficient (Wildman–Crippen LogP) is -0.357. The summed E-state index contributed by atoms with van der Waals surface area (Å²) in [5, 5.41) is 60.2. The summed E-state index contributed by atoms with van der Waals surface area (Å²) in [7, 11) is 0. The van der Waals surface area contributed by atoms with Crippen LogP contribution in [-0.4, -0.2) is 104 Å². The summed E-state index contributed by atoms with van der Waals surface area (Å²) in [6, 6.07) is 6.05. The van der Waals surface area contributed by atoms with Crippen LogP contribution in [0.2, 0.25) is 0 Å². The number of rotatable bonds is 7. The van der Waals surface area contributed by atoms with Gasteiger partial charge >= 0.3 is 11.9 Å². The van der Waals surface area contributed by atoms with Gasteiger partial charge in [0.15, 0.2) is 12.4 Å². The number of fused-ring (bicyclic) bond motifs is 3. The fourth-order valence-electron chi connectivity index (χ4n) is 6.50. The second-order valence-electron chi connectivity index (χ2n) is 11.4. The minimum Gasteiger partial charge on any atom is -0.508 e. The number of aliphatic hydroxyl groups excluding tert-OH is 5. The van der Waals surface area contributed by atoms with Gasteiger partial charge < -0.3 is 49.6 Å². The highest BCUT2D eigenvalue weighted by Crippen LogP contribution is 2.53. The second-order valence-corrected chi connectivity index (χ2v) is 11.4. The minimum atomic E-state index is -1.61. The average Bonchev–Trinajstić information content (AvgIpc) is 3.40. The molecule has 1 aromatic carbocycles. The molecule has 1 aromatic rings. The molecule has 12 heteroatoms. The Balaban J connectivity index is 1.32. The van der Waals surface area contributed by atoms with Crippen LogP contribution in [0, 0.1) is 17.8 Å². The maximum absolute atomic E-state index is 13.0. The number of aromatic hydroxyl groups is 1. The monoisotopic (exact) mass is 588 g/mol. The number of phenolic OH excluding ortho intramolecular Hbond substituents is 1. The molecule has 0 amide bonds. The first-order valence-electron chi connectivity index (χ1n) is 13.8. The molecule has 12 nitrogen and oxygen atoms in total. The molecule has 5 rings (SSSR count). The van der Waals surface area contributed by atoms with Crippen molar-refractivity contribution in [2.24, 2.45) is 17.8 Å². The maximum atomic E-state index is 13.0. The lowest BCUT2D eigenvalue weighted by Gasteiger charge is -2.40. The lowest BCUT2D eigenvalue weighted by atomic mass is 9.81. The van der Waals surface area contributed by atoms with E-state index in [1.807, 2.05) is 0 Å². The largest absolute Gasteiger partial charge is 0.508 e. The molecule has 6 N–H and O–H groups in total. The molecule has 0 spiro atoms. The second kappa shape index (κ2) is 11.9. The molecular formula is C30H36O12. The summed E-state index contributed by atoms with van der Waals surface area (Å²) < 4.78 is 23.0. The van der Waals surface area contributed by atoms with Crippen molar-refractivity contribution in [1.29, 1.82) is 0 Å². The van der Waals surface area contributed by atoms with Crippen molar-refractivity contribution in [2.75, 3.05) is 6.61 Å². The van der Waals surface area contributed by atoms with Gasteiger partial charge in [0.25, 0.3) is 0 Å². The standard InChI is InChI=1S/C30H36O12/c1-12-8-20(39-29(38)18(33)9-15-4-6-16(32)7-5-15)23-14(3)28(37)42-27(23)22-13(2)19(10-17(12)22)40-30-26(36)25(35)24(34)21(11-31)41-30/h4-7,17-27,30-36H,1-3,8-11H2/t17-,18-,19-,20+,21+,22-,23+,24+,25-,26+,27+,30+/m1/s1. The van der Waals surface area contributed by atoms with Crippen LogP contribution in [0.15, 0.2) is 60.7 Å². The molecule has 2 aliphatic heterocycles. The zero-order chi connectivity index (χ0) is 30.5. The molecule has 0 unspecified atom stereocenters. The van der Waals surface area contributed by atoms with Crippen molar-refractivity contribution in [3.8, 4) is 5.75 Å². The predicted molar refractivity (Wildman–Crippen MR) is 143 cm³/mol. The van der Waals surface area contributed by atoms with Crippen LogP contribution < -0.4 is 0 Å². The van der Waals surface area contributed by atoms with Gasteiger partial charge in [-0.25, -0.2) is 9.59 Å². The van der Waals surface area contributed by atoms with Gasteiger partial charge in [-0.3, -0.25) is 0 Å². The molecule has 228 valence electrons. The first-order valence-corrected chi connectivity index (χ1v) is 13.8. The number of carbonyl (C=O) groups is 2.